The van der Waals surface area contributed by atoms with Gasteiger partial charge in [-0.15, -0.1) is 0 Å². The molecule has 7 aromatic heterocycles. The number of hydrogen-bond acceptors (Lipinski definition) is 7. The predicted octanol–water partition coefficient (Wildman–Crippen LogP) is 25.0. The van der Waals surface area contributed by atoms with E-state index in [1.165, 1.54) is 234 Å². The summed E-state index contributed by atoms with van der Waals surface area (Å²) in [7, 11) is 0. The van der Waals surface area contributed by atoms with Crippen LogP contribution in [0.5, 0.6) is 0 Å². The van der Waals surface area contributed by atoms with E-state index in [9.17, 15) is 0 Å². The molecule has 7 nitrogen and oxygen atoms in total. The molecule has 0 radical (unpaired) electrons. The van der Waals surface area contributed by atoms with Gasteiger partial charge < -0.3 is 0 Å². The predicted molar refractivity (Wildman–Crippen MR) is 467 cm³/mol. The van der Waals surface area contributed by atoms with E-state index in [-0.39, 0.29) is 0 Å². The van der Waals surface area contributed by atoms with Crippen molar-refractivity contribution in [2.45, 2.75) is 190 Å². The normalized spacial score (nSPS) is 12.4. The highest BCUT2D eigenvalue weighted by Crippen LogP contribution is 2.47. The number of aryl methyl sites for hydroxylation is 14. The second-order valence-electron chi connectivity index (χ2n) is 32.6. The van der Waals surface area contributed by atoms with E-state index in [4.69, 9.17) is 4.98 Å². The second kappa shape index (κ2) is 30.7. The number of hydrogen-bond donors (Lipinski definition) is 0. The van der Waals surface area contributed by atoms with Gasteiger partial charge in [0.2, 0.25) is 0 Å². The Hall–Kier alpha value is -11.4. The first-order valence-corrected chi connectivity index (χ1v) is 40.1. The lowest BCUT2D eigenvalue weighted by Gasteiger charge is -2.10. The average Bonchev–Trinajstić information content (AvgIpc) is 1.70. The maximum absolute atomic E-state index is 4.74. The zero-order chi connectivity index (χ0) is 79.0. The van der Waals surface area contributed by atoms with Crippen molar-refractivity contribution in [1.82, 2.24) is 34.9 Å². The molecule has 560 valence electrons. The van der Waals surface area contributed by atoms with Crippen LogP contribution < -0.4 is 0 Å². The van der Waals surface area contributed by atoms with Crippen molar-refractivity contribution < 1.29 is 0 Å². The molecule has 0 amide bonds. The number of benzene rings is 7. The van der Waals surface area contributed by atoms with Crippen LogP contribution in [0.1, 0.15) is 196 Å². The minimum absolute atomic E-state index is 0.993. The average molecular weight is 1470 g/mol. The van der Waals surface area contributed by atoms with Gasteiger partial charge in [0.1, 0.15) is 0 Å². The van der Waals surface area contributed by atoms with E-state index in [0.717, 1.165) is 84.8 Å². The molecule has 0 unspecified atom stereocenters. The first-order chi connectivity index (χ1) is 53.7. The largest absolute Gasteiger partial charge is 0.261 e. The highest BCUT2D eigenvalue weighted by Gasteiger charge is 2.29. The first-order valence-electron chi connectivity index (χ1n) is 40.1. The fourth-order valence-corrected chi connectivity index (χ4v) is 18.2. The Balaban J connectivity index is 0.000000103. The Bertz CT molecular complexity index is 6160. The van der Waals surface area contributed by atoms with Crippen LogP contribution in [0, 0.1) is 145 Å². The minimum Gasteiger partial charge on any atom is -0.261 e. The summed E-state index contributed by atoms with van der Waals surface area (Å²) in [5.74, 6) is 0. The van der Waals surface area contributed by atoms with Crippen molar-refractivity contribution in [1.29, 1.82) is 0 Å². The topological polar surface area (TPSA) is 90.2 Å². The third-order valence-corrected chi connectivity index (χ3v) is 25.4. The lowest BCUT2D eigenvalue weighted by Crippen LogP contribution is -1.97. The van der Waals surface area contributed by atoms with E-state index in [1.807, 2.05) is 31.0 Å². The fourth-order valence-electron chi connectivity index (χ4n) is 18.2. The molecule has 0 N–H and O–H groups in total. The highest BCUT2D eigenvalue weighted by molar-refractivity contribution is 5.86. The van der Waals surface area contributed by atoms with Gasteiger partial charge in [-0.1, -0.05) is 145 Å². The molecule has 7 aliphatic rings. The van der Waals surface area contributed by atoms with Crippen LogP contribution in [-0.2, 0) is 44.9 Å². The van der Waals surface area contributed by atoms with Crippen LogP contribution in [0.25, 0.3) is 77.9 Å². The molecule has 7 aromatic carbocycles. The van der Waals surface area contributed by atoms with Crippen molar-refractivity contribution in [2.24, 2.45) is 0 Å². The van der Waals surface area contributed by atoms with Crippen LogP contribution in [0.15, 0.2) is 171 Å². The number of rotatable bonds is 0. The summed E-state index contributed by atoms with van der Waals surface area (Å²) in [4.78, 5) is 31.6. The number of fused-ring (bicyclic) bond motifs is 21. The third kappa shape index (κ3) is 14.0. The van der Waals surface area contributed by atoms with Crippen molar-refractivity contribution >= 4 is 0 Å². The molecule has 0 spiro atoms. The second-order valence-corrected chi connectivity index (χ2v) is 32.6. The van der Waals surface area contributed by atoms with Crippen LogP contribution in [-0.4, -0.2) is 34.9 Å². The molecule has 7 heterocycles. The summed E-state index contributed by atoms with van der Waals surface area (Å²) in [6, 6.07) is 50.8. The van der Waals surface area contributed by atoms with Crippen LogP contribution in [0.2, 0.25) is 0 Å². The molecule has 21 rings (SSSR count). The van der Waals surface area contributed by atoms with Gasteiger partial charge in [-0.2, -0.15) is 0 Å². The van der Waals surface area contributed by atoms with Crippen molar-refractivity contribution in [3.05, 3.63) is 366 Å². The Kier molecular flexibility index (Phi) is 20.8. The van der Waals surface area contributed by atoms with Crippen molar-refractivity contribution in [3.63, 3.8) is 0 Å². The molecular formula is C105H105N7. The van der Waals surface area contributed by atoms with Crippen LogP contribution in [0.4, 0.5) is 0 Å². The van der Waals surface area contributed by atoms with Gasteiger partial charge in [0.05, 0.1) is 5.69 Å². The summed E-state index contributed by atoms with van der Waals surface area (Å²) in [5.41, 5.74) is 66.3. The Morgan fingerprint density at radius 3 is 1.21 bits per heavy atom. The summed E-state index contributed by atoms with van der Waals surface area (Å²) in [6.07, 6.45) is 17.4. The Morgan fingerprint density at radius 1 is 0.196 bits per heavy atom. The van der Waals surface area contributed by atoms with Gasteiger partial charge in [0, 0.05) is 127 Å². The quantitative estimate of drug-likeness (QED) is 0.149. The molecule has 0 fully saturated rings. The number of aromatic nitrogens is 7. The molecule has 0 bridgehead atoms. The highest BCUT2D eigenvalue weighted by atomic mass is 14.7. The first kappa shape index (κ1) is 76.0. The van der Waals surface area contributed by atoms with E-state index < -0.39 is 0 Å². The smallest absolute Gasteiger partial charge is 0.0529 e. The lowest BCUT2D eigenvalue weighted by molar-refractivity contribution is 1.05. The van der Waals surface area contributed by atoms with Gasteiger partial charge in [-0.25, -0.2) is 0 Å². The van der Waals surface area contributed by atoms with Crippen LogP contribution >= 0.6 is 0 Å². The summed E-state index contributed by atoms with van der Waals surface area (Å²) >= 11 is 0. The van der Waals surface area contributed by atoms with Gasteiger partial charge in [0.25, 0.3) is 0 Å². The Morgan fingerprint density at radius 2 is 0.598 bits per heavy atom. The molecule has 7 heteroatoms. The van der Waals surface area contributed by atoms with E-state index in [2.05, 4.69) is 315 Å². The standard InChI is InChI=1S/C16H17N.5C15H15N.C14H13N/c1-9-5-6-13-8-15-14(16(13)11(9)3)7-10(2)12(4)17-15;1-9-4-5-14-12(6-9)7-13-8-16-11(3)10(2)15(13)14;1-9-4-5-12-7-13-8-16-11(3)10(2)15(13)14(12)6-9;1-9-5-4-6-13-14(9)7-12-8-16-11(3)10(2)15(12)13;1-9-5-4-6-12-7-13-8-16-11(3)10(2)15(13)14(9)12;1-9-10(2)16-11(3)14-8-12-6-4-5-7-13(12)15(9)14;1-9-10(2)15-8-12-7-11-5-3-4-6-13(11)14(9)12/h5-7H,8H2,1-4H3;4*4-6,8H,7H2,1-3H3;4-7H,8H2,1-3H3;3-6,8H,7H2,1-2H3. The molecule has 112 heavy (non-hydrogen) atoms. The van der Waals surface area contributed by atoms with Crippen LogP contribution in [0.3, 0.4) is 0 Å². The van der Waals surface area contributed by atoms with Crippen molar-refractivity contribution in [3.8, 4) is 77.9 Å². The SMILES string of the molecule is Cc1cc2c(nc1C)Cc1ccc(C)c(C)c1-2.Cc1ccc2c(c1)-c1c(cnc(C)c1C)C2.Cc1ccc2c(c1)Cc1cnc(C)c(C)c1-2.Cc1cccc2c1-c1c(cnc(C)c1C)C2.Cc1cccc2c1Cc1cnc(C)c(C)c1-2.Cc1nc(C)c2c(c1C)-c1ccccc1C2.Cc1ncc2c(c1C)-c1ccccc1C2. The molecule has 0 aliphatic heterocycles. The summed E-state index contributed by atoms with van der Waals surface area (Å²) < 4.78 is 0. The maximum Gasteiger partial charge on any atom is 0.0529 e. The Labute approximate surface area is 665 Å². The molecule has 0 saturated carbocycles. The summed E-state index contributed by atoms with van der Waals surface area (Å²) in [5, 5.41) is 0. The summed E-state index contributed by atoms with van der Waals surface area (Å²) in [6.45, 7) is 45.1. The zero-order valence-electron chi connectivity index (χ0n) is 69.7. The van der Waals surface area contributed by atoms with E-state index in [1.54, 1.807) is 0 Å². The molecule has 7 aliphatic carbocycles. The maximum atomic E-state index is 4.74. The van der Waals surface area contributed by atoms with Crippen molar-refractivity contribution in [2.75, 3.05) is 0 Å². The van der Waals surface area contributed by atoms with Gasteiger partial charge >= 0.3 is 0 Å². The van der Waals surface area contributed by atoms with Gasteiger partial charge in [0.15, 0.2) is 0 Å². The molecule has 14 aromatic rings. The van der Waals surface area contributed by atoms with E-state index >= 15 is 0 Å². The van der Waals surface area contributed by atoms with Gasteiger partial charge in [-0.05, 0) is 357 Å². The fraction of sp³-hybridized carbons (Fsp3) is 0.267. The third-order valence-electron chi connectivity index (χ3n) is 25.4. The van der Waals surface area contributed by atoms with E-state index in [0.29, 0.717) is 0 Å². The molecular weight excluding hydrogens is 1360 g/mol. The number of pyridine rings is 7. The zero-order valence-corrected chi connectivity index (χ0v) is 69.7. The number of nitrogens with zero attached hydrogens (tertiary/aromatic N) is 7. The molecule has 0 atom stereocenters. The lowest BCUT2D eigenvalue weighted by atomic mass is 9.96. The minimum atomic E-state index is 0.993. The monoisotopic (exact) mass is 1460 g/mol. The molecule has 0 saturated heterocycles. The van der Waals surface area contributed by atoms with Gasteiger partial charge in [-0.3, -0.25) is 34.9 Å².